The van der Waals surface area contributed by atoms with Gasteiger partial charge in [-0.1, -0.05) is 47.5 Å². The number of aromatic hydroxyl groups is 1. The first kappa shape index (κ1) is 20.7. The summed E-state index contributed by atoms with van der Waals surface area (Å²) in [5.41, 5.74) is 3.57. The van der Waals surface area contributed by atoms with Crippen LogP contribution in [0.5, 0.6) is 5.75 Å². The minimum absolute atomic E-state index is 0.0527. The van der Waals surface area contributed by atoms with E-state index in [4.69, 9.17) is 23.2 Å². The van der Waals surface area contributed by atoms with Crippen LogP contribution in [0, 0.1) is 25.2 Å². The van der Waals surface area contributed by atoms with Crippen molar-refractivity contribution in [2.45, 2.75) is 19.8 Å². The average Bonchev–Trinajstić information content (AvgIpc) is 2.68. The molecule has 0 aromatic heterocycles. The number of hydrogen-bond donors (Lipinski definition) is 2. The molecule has 1 amide bonds. The summed E-state index contributed by atoms with van der Waals surface area (Å²) in [6.45, 7) is 3.59. The SMILES string of the molecule is Cc1cc(C)c(O)c(C(=O)Nc2ccc(C(C#N)c3ccc(Cl)cc3)c(Cl)c2)c1. The normalized spacial score (nSPS) is 11.6. The van der Waals surface area contributed by atoms with Crippen LogP contribution in [-0.2, 0) is 0 Å². The van der Waals surface area contributed by atoms with Crippen LogP contribution in [0.1, 0.15) is 38.5 Å². The zero-order valence-corrected chi connectivity index (χ0v) is 17.3. The second-order valence-electron chi connectivity index (χ2n) is 6.78. The van der Waals surface area contributed by atoms with E-state index in [1.807, 2.05) is 6.92 Å². The molecule has 0 radical (unpaired) electrons. The second kappa shape index (κ2) is 8.57. The molecule has 0 aliphatic carbocycles. The highest BCUT2D eigenvalue weighted by Gasteiger charge is 2.18. The van der Waals surface area contributed by atoms with Gasteiger partial charge in [-0.15, -0.1) is 0 Å². The molecule has 3 aromatic rings. The minimum atomic E-state index is -0.562. The number of carbonyl (C=O) groups excluding carboxylic acids is 1. The van der Waals surface area contributed by atoms with Gasteiger partial charge < -0.3 is 10.4 Å². The highest BCUT2D eigenvalue weighted by Crippen LogP contribution is 2.33. The van der Waals surface area contributed by atoms with E-state index in [9.17, 15) is 15.2 Å². The maximum Gasteiger partial charge on any atom is 0.259 e. The largest absolute Gasteiger partial charge is 0.507 e. The molecule has 6 heteroatoms. The number of phenolic OH excluding ortho intramolecular Hbond substituents is 1. The van der Waals surface area contributed by atoms with Crippen molar-refractivity contribution in [3.8, 4) is 11.8 Å². The monoisotopic (exact) mass is 424 g/mol. The Morgan fingerprint density at radius 3 is 2.38 bits per heavy atom. The number of nitrogens with zero attached hydrogens (tertiary/aromatic N) is 1. The number of aryl methyl sites for hydroxylation is 2. The Morgan fingerprint density at radius 1 is 1.07 bits per heavy atom. The lowest BCUT2D eigenvalue weighted by Gasteiger charge is -2.14. The zero-order chi connectivity index (χ0) is 21.1. The number of hydrogen-bond acceptors (Lipinski definition) is 3. The first-order chi connectivity index (χ1) is 13.8. The first-order valence-electron chi connectivity index (χ1n) is 8.86. The third-order valence-electron chi connectivity index (χ3n) is 4.59. The van der Waals surface area contributed by atoms with Crippen molar-refractivity contribution in [1.82, 2.24) is 0 Å². The van der Waals surface area contributed by atoms with Crippen LogP contribution < -0.4 is 5.32 Å². The van der Waals surface area contributed by atoms with E-state index in [-0.39, 0.29) is 11.3 Å². The Morgan fingerprint density at radius 2 is 1.76 bits per heavy atom. The van der Waals surface area contributed by atoms with Gasteiger partial charge in [-0.05, 0) is 66.4 Å². The molecule has 4 nitrogen and oxygen atoms in total. The van der Waals surface area contributed by atoms with Gasteiger partial charge >= 0.3 is 0 Å². The topological polar surface area (TPSA) is 73.1 Å². The van der Waals surface area contributed by atoms with Crippen LogP contribution in [0.3, 0.4) is 0 Å². The second-order valence-corrected chi connectivity index (χ2v) is 7.63. The Labute approximate surface area is 179 Å². The van der Waals surface area contributed by atoms with Crippen LogP contribution in [0.2, 0.25) is 10.0 Å². The van der Waals surface area contributed by atoms with Crippen molar-refractivity contribution in [2.75, 3.05) is 5.32 Å². The number of nitrogens with one attached hydrogen (secondary N) is 1. The van der Waals surface area contributed by atoms with E-state index in [1.54, 1.807) is 61.5 Å². The van der Waals surface area contributed by atoms with Crippen molar-refractivity contribution >= 4 is 34.8 Å². The molecule has 0 heterocycles. The van der Waals surface area contributed by atoms with Gasteiger partial charge in [-0.2, -0.15) is 5.26 Å². The fourth-order valence-corrected chi connectivity index (χ4v) is 3.57. The van der Waals surface area contributed by atoms with Crippen molar-refractivity contribution in [1.29, 1.82) is 5.26 Å². The Kier molecular flexibility index (Phi) is 6.12. The van der Waals surface area contributed by atoms with Gasteiger partial charge in [-0.3, -0.25) is 4.79 Å². The van der Waals surface area contributed by atoms with Gasteiger partial charge in [0.15, 0.2) is 0 Å². The smallest absolute Gasteiger partial charge is 0.259 e. The molecular formula is C23H18Cl2N2O2. The number of phenols is 1. The molecule has 1 unspecified atom stereocenters. The molecule has 0 saturated heterocycles. The zero-order valence-electron chi connectivity index (χ0n) is 15.8. The summed E-state index contributed by atoms with van der Waals surface area (Å²) < 4.78 is 0. The number of rotatable bonds is 4. The lowest BCUT2D eigenvalue weighted by Crippen LogP contribution is -2.13. The number of carbonyl (C=O) groups is 1. The number of amides is 1. The maximum absolute atomic E-state index is 12.6. The highest BCUT2D eigenvalue weighted by molar-refractivity contribution is 6.32. The summed E-state index contributed by atoms with van der Waals surface area (Å²) in [6, 6.07) is 17.7. The van der Waals surface area contributed by atoms with Crippen molar-refractivity contribution < 1.29 is 9.90 Å². The van der Waals surface area contributed by atoms with Crippen LogP contribution >= 0.6 is 23.2 Å². The van der Waals surface area contributed by atoms with Crippen LogP contribution in [-0.4, -0.2) is 11.0 Å². The lowest BCUT2D eigenvalue weighted by molar-refractivity contribution is 0.102. The third-order valence-corrected chi connectivity index (χ3v) is 5.17. The molecule has 3 rings (SSSR count). The Bertz CT molecular complexity index is 1120. The van der Waals surface area contributed by atoms with Crippen LogP contribution in [0.4, 0.5) is 5.69 Å². The summed E-state index contributed by atoms with van der Waals surface area (Å²) in [6.07, 6.45) is 0. The lowest BCUT2D eigenvalue weighted by atomic mass is 9.92. The number of nitriles is 1. The number of halogens is 2. The molecule has 0 aliphatic rings. The molecular weight excluding hydrogens is 407 g/mol. The average molecular weight is 425 g/mol. The molecule has 0 spiro atoms. The van der Waals surface area contributed by atoms with Gasteiger partial charge in [0.25, 0.3) is 5.91 Å². The highest BCUT2D eigenvalue weighted by atomic mass is 35.5. The third kappa shape index (κ3) is 4.54. The van der Waals surface area contributed by atoms with Crippen LogP contribution in [0.15, 0.2) is 54.6 Å². The summed E-state index contributed by atoms with van der Waals surface area (Å²) >= 11 is 12.3. The molecule has 0 aliphatic heterocycles. The number of anilines is 1. The maximum atomic E-state index is 12.6. The van der Waals surface area contributed by atoms with Crippen LogP contribution in [0.25, 0.3) is 0 Å². The summed E-state index contributed by atoms with van der Waals surface area (Å²) in [5.74, 6) is -1.05. The molecule has 146 valence electrons. The van der Waals surface area contributed by atoms with Gasteiger partial charge in [-0.25, -0.2) is 0 Å². The summed E-state index contributed by atoms with van der Waals surface area (Å²) in [5, 5.41) is 23.5. The van der Waals surface area contributed by atoms with Gasteiger partial charge in [0.2, 0.25) is 0 Å². The van der Waals surface area contributed by atoms with Gasteiger partial charge in [0.05, 0.1) is 17.6 Å². The van der Waals surface area contributed by atoms with Gasteiger partial charge in [0.1, 0.15) is 5.75 Å². The minimum Gasteiger partial charge on any atom is -0.507 e. The first-order valence-corrected chi connectivity index (χ1v) is 9.62. The summed E-state index contributed by atoms with van der Waals surface area (Å²) in [7, 11) is 0. The molecule has 0 saturated carbocycles. The molecule has 0 fully saturated rings. The predicted molar refractivity (Wildman–Crippen MR) is 116 cm³/mol. The van der Waals surface area contributed by atoms with Crippen molar-refractivity contribution in [2.24, 2.45) is 0 Å². The predicted octanol–water partition coefficient (Wildman–Crippen LogP) is 6.22. The van der Waals surface area contributed by atoms with E-state index < -0.39 is 11.8 Å². The Balaban J connectivity index is 1.87. The van der Waals surface area contributed by atoms with Gasteiger partial charge in [0, 0.05) is 15.7 Å². The molecule has 3 aromatic carbocycles. The van der Waals surface area contributed by atoms with E-state index in [0.717, 1.165) is 11.1 Å². The van der Waals surface area contributed by atoms with Crippen molar-refractivity contribution in [3.63, 3.8) is 0 Å². The fourth-order valence-electron chi connectivity index (χ4n) is 3.15. The van der Waals surface area contributed by atoms with E-state index >= 15 is 0 Å². The van der Waals surface area contributed by atoms with E-state index in [2.05, 4.69) is 11.4 Å². The standard InChI is InChI=1S/C23H18Cl2N2O2/c1-13-9-14(2)22(28)19(10-13)23(29)27-17-7-8-18(21(25)11-17)20(12-26)15-3-5-16(24)6-4-15/h3-11,20,28H,1-2H3,(H,27,29). The fraction of sp³-hybridized carbons (Fsp3) is 0.130. The number of benzene rings is 3. The molecule has 0 bridgehead atoms. The summed E-state index contributed by atoms with van der Waals surface area (Å²) in [4.78, 5) is 12.6. The van der Waals surface area contributed by atoms with E-state index in [0.29, 0.717) is 26.9 Å². The molecule has 29 heavy (non-hydrogen) atoms. The van der Waals surface area contributed by atoms with E-state index in [1.165, 1.54) is 0 Å². The Hall–Kier alpha value is -3.00. The molecule has 2 N–H and O–H groups in total. The molecule has 1 atom stereocenters. The van der Waals surface area contributed by atoms with Crippen molar-refractivity contribution in [3.05, 3.63) is 92.5 Å². The quantitative estimate of drug-likeness (QED) is 0.521.